The van der Waals surface area contributed by atoms with Crippen LogP contribution in [0.5, 0.6) is 0 Å². The zero-order chi connectivity index (χ0) is 46.6. The van der Waals surface area contributed by atoms with Gasteiger partial charge in [0.25, 0.3) is 0 Å². The predicted molar refractivity (Wildman–Crippen MR) is 291 cm³/mol. The first-order valence-corrected chi connectivity index (χ1v) is 24.5. The Morgan fingerprint density at radius 1 is 0.352 bits per heavy atom. The standard InChI is InChI=1S/C67H42N2O2/c1-2-16-41(17-3-1)42-18-12-19-44(38-42)58-30-15-31-59(69-66(68-58)45-35-37-61-53(40-45)50-23-7-11-32-60(50)70-61)52-26-14-33-63-64(52)54-39-43(34-36-62(54)71-63)46-24-13-25-51-49-22-6-10-29-57(49)67(65(46)51)55-27-8-4-20-47(55)48-21-5-9-28-56(48)67/h1-14,16-30,32-40H,15,31H2/b58-30-,68-66-,69-59+. The molecule has 12 aromatic rings. The Bertz CT molecular complexity index is 4230. The Morgan fingerprint density at radius 2 is 0.901 bits per heavy atom. The molecule has 2 aromatic heterocycles. The van der Waals surface area contributed by atoms with Gasteiger partial charge in [0.15, 0.2) is 5.84 Å². The molecule has 0 atom stereocenters. The van der Waals surface area contributed by atoms with Crippen molar-refractivity contribution in [2.24, 2.45) is 9.98 Å². The van der Waals surface area contributed by atoms with Crippen LogP contribution in [-0.2, 0) is 5.41 Å². The summed E-state index contributed by atoms with van der Waals surface area (Å²) in [4.78, 5) is 11.1. The van der Waals surface area contributed by atoms with Crippen molar-refractivity contribution in [1.82, 2.24) is 0 Å². The number of hydrogen-bond acceptors (Lipinski definition) is 4. The Labute approximate surface area is 410 Å². The van der Waals surface area contributed by atoms with E-state index in [1.807, 2.05) is 12.1 Å². The molecule has 10 aromatic carbocycles. The predicted octanol–water partition coefficient (Wildman–Crippen LogP) is 17.2. The van der Waals surface area contributed by atoms with Gasteiger partial charge in [-0.1, -0.05) is 182 Å². The van der Waals surface area contributed by atoms with Crippen LogP contribution in [0, 0.1) is 0 Å². The molecule has 2 aliphatic carbocycles. The lowest BCUT2D eigenvalue weighted by atomic mass is 9.68. The molecule has 1 spiro atoms. The van der Waals surface area contributed by atoms with Crippen LogP contribution in [-0.4, -0.2) is 11.5 Å². The number of rotatable bonds is 5. The molecular formula is C67H42N2O2. The van der Waals surface area contributed by atoms with Crippen molar-refractivity contribution in [1.29, 1.82) is 0 Å². The van der Waals surface area contributed by atoms with Crippen LogP contribution >= 0.6 is 0 Å². The SMILES string of the molecule is C1=C(c2cccc(-c3ccccc3)c2)/N=C(c2ccc3oc4ccccc4c3c2)\N=C(\c2cccc3oc4ccc(-c5cccc6c5C5(c7ccccc7-c7ccccc75)c5ccccc5-6)cc4c23)CC\1. The lowest BCUT2D eigenvalue weighted by molar-refractivity contribution is 0.668. The lowest BCUT2D eigenvalue weighted by Gasteiger charge is -2.32. The quantitative estimate of drug-likeness (QED) is 0.173. The lowest BCUT2D eigenvalue weighted by Crippen LogP contribution is -2.26. The summed E-state index contributed by atoms with van der Waals surface area (Å²) >= 11 is 0. The summed E-state index contributed by atoms with van der Waals surface area (Å²) in [5.41, 5.74) is 22.9. The molecule has 0 bridgehead atoms. The molecule has 4 nitrogen and oxygen atoms in total. The molecule has 0 unspecified atom stereocenters. The van der Waals surface area contributed by atoms with Crippen LogP contribution in [0.2, 0.25) is 0 Å². The fraction of sp³-hybridized carbons (Fsp3) is 0.0448. The maximum absolute atomic E-state index is 6.77. The van der Waals surface area contributed by atoms with Gasteiger partial charge in [0.1, 0.15) is 22.3 Å². The summed E-state index contributed by atoms with van der Waals surface area (Å²) in [6.45, 7) is 0. The van der Waals surface area contributed by atoms with E-state index in [2.05, 4.69) is 218 Å². The summed E-state index contributed by atoms with van der Waals surface area (Å²) in [6, 6.07) is 80.9. The molecule has 0 N–H and O–H groups in total. The van der Waals surface area contributed by atoms with Gasteiger partial charge in [-0.25, -0.2) is 9.98 Å². The summed E-state index contributed by atoms with van der Waals surface area (Å²) in [7, 11) is 0. The third-order valence-electron chi connectivity index (χ3n) is 15.2. The smallest absolute Gasteiger partial charge is 0.160 e. The minimum atomic E-state index is -0.474. The fourth-order valence-corrected chi connectivity index (χ4v) is 12.2. The summed E-state index contributed by atoms with van der Waals surface area (Å²) in [5.74, 6) is 0.649. The van der Waals surface area contributed by atoms with Gasteiger partial charge in [-0.3, -0.25) is 0 Å². The number of benzene rings is 10. The number of fused-ring (bicyclic) bond motifs is 16. The maximum Gasteiger partial charge on any atom is 0.160 e. The minimum Gasteiger partial charge on any atom is -0.456 e. The van der Waals surface area contributed by atoms with E-state index in [0.717, 1.165) is 89.5 Å². The molecular weight excluding hydrogens is 865 g/mol. The van der Waals surface area contributed by atoms with E-state index >= 15 is 0 Å². The molecule has 71 heavy (non-hydrogen) atoms. The van der Waals surface area contributed by atoms with Gasteiger partial charge in [-0.15, -0.1) is 0 Å². The van der Waals surface area contributed by atoms with E-state index in [1.54, 1.807) is 0 Å². The highest BCUT2D eigenvalue weighted by Gasteiger charge is 2.52. The molecule has 1 aliphatic heterocycles. The molecule has 3 heterocycles. The maximum atomic E-state index is 6.77. The topological polar surface area (TPSA) is 51.0 Å². The zero-order valence-corrected chi connectivity index (χ0v) is 38.6. The van der Waals surface area contributed by atoms with Crippen molar-refractivity contribution in [3.05, 3.63) is 269 Å². The van der Waals surface area contributed by atoms with Gasteiger partial charge in [0.2, 0.25) is 0 Å². The largest absolute Gasteiger partial charge is 0.456 e. The number of para-hydroxylation sites is 1. The molecule has 0 saturated heterocycles. The minimum absolute atomic E-state index is 0.474. The molecule has 0 fully saturated rings. The van der Waals surface area contributed by atoms with Gasteiger partial charge in [0, 0.05) is 38.2 Å². The average Bonchev–Trinajstić information content (AvgIpc) is 4.17. The number of amidine groups is 1. The van der Waals surface area contributed by atoms with E-state index in [9.17, 15) is 0 Å². The van der Waals surface area contributed by atoms with E-state index < -0.39 is 5.41 Å². The van der Waals surface area contributed by atoms with Crippen molar-refractivity contribution < 1.29 is 8.83 Å². The Morgan fingerprint density at radius 3 is 1.70 bits per heavy atom. The molecule has 0 amide bonds. The number of aliphatic imine (C=N–C) groups is 2. The van der Waals surface area contributed by atoms with Gasteiger partial charge in [0.05, 0.1) is 16.8 Å². The first kappa shape index (κ1) is 39.8. The van der Waals surface area contributed by atoms with Crippen molar-refractivity contribution in [3.8, 4) is 44.5 Å². The molecule has 332 valence electrons. The van der Waals surface area contributed by atoms with E-state index in [1.165, 1.54) is 55.6 Å². The molecule has 15 rings (SSSR count). The first-order valence-electron chi connectivity index (χ1n) is 24.5. The van der Waals surface area contributed by atoms with Gasteiger partial charge in [-0.05, 0) is 128 Å². The van der Waals surface area contributed by atoms with Gasteiger partial charge >= 0.3 is 0 Å². The van der Waals surface area contributed by atoms with Crippen LogP contribution < -0.4 is 0 Å². The van der Waals surface area contributed by atoms with Gasteiger partial charge < -0.3 is 8.83 Å². The first-order chi connectivity index (χ1) is 35.2. The van der Waals surface area contributed by atoms with Crippen LogP contribution in [0.15, 0.2) is 249 Å². The normalized spacial score (nSPS) is 16.6. The Balaban J connectivity index is 0.918. The van der Waals surface area contributed by atoms with Crippen LogP contribution in [0.4, 0.5) is 0 Å². The van der Waals surface area contributed by atoms with Crippen molar-refractivity contribution >= 4 is 61.1 Å². The van der Waals surface area contributed by atoms with Crippen molar-refractivity contribution in [2.75, 3.05) is 0 Å². The number of allylic oxidation sites excluding steroid dienone is 1. The van der Waals surface area contributed by atoms with Crippen LogP contribution in [0.1, 0.15) is 51.8 Å². The number of nitrogens with zero attached hydrogens (tertiary/aromatic N) is 2. The van der Waals surface area contributed by atoms with Crippen molar-refractivity contribution in [2.45, 2.75) is 18.3 Å². The summed E-state index contributed by atoms with van der Waals surface area (Å²) < 4.78 is 13.1. The monoisotopic (exact) mass is 906 g/mol. The van der Waals surface area contributed by atoms with E-state index in [0.29, 0.717) is 12.3 Å². The highest BCUT2D eigenvalue weighted by Crippen LogP contribution is 2.64. The number of hydrogen-bond donors (Lipinski definition) is 0. The fourth-order valence-electron chi connectivity index (χ4n) is 12.2. The summed E-state index contributed by atoms with van der Waals surface area (Å²) in [6.07, 6.45) is 3.74. The number of furan rings is 2. The molecule has 0 saturated carbocycles. The zero-order valence-electron chi connectivity index (χ0n) is 38.6. The highest BCUT2D eigenvalue weighted by molar-refractivity contribution is 6.23. The van der Waals surface area contributed by atoms with Crippen molar-refractivity contribution in [3.63, 3.8) is 0 Å². The third-order valence-corrected chi connectivity index (χ3v) is 15.2. The van der Waals surface area contributed by atoms with Crippen LogP contribution in [0.3, 0.4) is 0 Å². The second kappa shape index (κ2) is 15.4. The summed E-state index contributed by atoms with van der Waals surface area (Å²) in [5, 5.41) is 4.22. The molecule has 4 heteroatoms. The Kier molecular flexibility index (Phi) is 8.67. The molecule has 0 radical (unpaired) electrons. The van der Waals surface area contributed by atoms with E-state index in [-0.39, 0.29) is 0 Å². The Hall–Kier alpha value is -9.12. The second-order valence-corrected chi connectivity index (χ2v) is 19.0. The second-order valence-electron chi connectivity index (χ2n) is 19.0. The van der Waals surface area contributed by atoms with Crippen LogP contribution in [0.25, 0.3) is 94.1 Å². The average molecular weight is 907 g/mol. The van der Waals surface area contributed by atoms with Gasteiger partial charge in [-0.2, -0.15) is 0 Å². The third kappa shape index (κ3) is 5.92. The molecule has 3 aliphatic rings. The highest BCUT2D eigenvalue weighted by atomic mass is 16.3. The van der Waals surface area contributed by atoms with E-state index in [4.69, 9.17) is 18.8 Å².